The van der Waals surface area contributed by atoms with E-state index in [2.05, 4.69) is 28.1 Å². The number of benzene rings is 3. The van der Waals surface area contributed by atoms with Gasteiger partial charge in [0.05, 0.1) is 28.3 Å². The first-order valence-electron chi connectivity index (χ1n) is 13.2. The minimum absolute atomic E-state index is 0.0200. The number of rotatable bonds is 5. The van der Waals surface area contributed by atoms with Crippen molar-refractivity contribution in [2.75, 3.05) is 7.11 Å². The number of para-hydroxylation sites is 1. The number of nitrogens with zero attached hydrogens (tertiary/aromatic N) is 3. The highest BCUT2D eigenvalue weighted by molar-refractivity contribution is 9.10. The molecule has 7 rings (SSSR count). The van der Waals surface area contributed by atoms with Crippen LogP contribution in [0.15, 0.2) is 103 Å². The Bertz CT molecular complexity index is 2120. The maximum atomic E-state index is 14.1. The number of hydrogen-bond donors (Lipinski definition) is 0. The molecule has 208 valence electrons. The first kappa shape index (κ1) is 26.4. The molecule has 0 radical (unpaired) electrons. The second-order valence-electron chi connectivity index (χ2n) is 9.98. The van der Waals surface area contributed by atoms with Crippen LogP contribution in [0.4, 0.5) is 5.69 Å². The van der Waals surface area contributed by atoms with Crippen molar-refractivity contribution in [1.29, 1.82) is 0 Å². The second-order valence-corrected chi connectivity index (χ2v) is 11.8. The Hall–Kier alpha value is -4.54. The predicted octanol–water partition coefficient (Wildman–Crippen LogP) is 6.26. The van der Waals surface area contributed by atoms with Crippen LogP contribution in [0.3, 0.4) is 0 Å². The summed E-state index contributed by atoms with van der Waals surface area (Å²) in [6, 6.07) is 23.8. The molecule has 10 heteroatoms. The van der Waals surface area contributed by atoms with Crippen LogP contribution in [0.25, 0.3) is 23.1 Å². The summed E-state index contributed by atoms with van der Waals surface area (Å²) in [6.07, 6.45) is 3.38. The fourth-order valence-corrected chi connectivity index (χ4v) is 7.26. The summed E-state index contributed by atoms with van der Waals surface area (Å²) in [4.78, 5) is 30.4. The van der Waals surface area contributed by atoms with E-state index >= 15 is 0 Å². The number of thiazole rings is 1. The smallest absolute Gasteiger partial charge is 0.271 e. The molecule has 0 fully saturated rings. The lowest BCUT2D eigenvalue weighted by atomic mass is 9.83. The van der Waals surface area contributed by atoms with E-state index in [9.17, 15) is 14.9 Å². The number of allylic oxidation sites excluding steroid dienone is 1. The summed E-state index contributed by atoms with van der Waals surface area (Å²) in [7, 11) is 1.64. The third kappa shape index (κ3) is 4.34. The molecule has 0 saturated heterocycles. The van der Waals surface area contributed by atoms with E-state index in [0.29, 0.717) is 36.6 Å². The molecule has 8 nitrogen and oxygen atoms in total. The van der Waals surface area contributed by atoms with Gasteiger partial charge in [0.1, 0.15) is 17.3 Å². The van der Waals surface area contributed by atoms with E-state index < -0.39 is 4.92 Å². The van der Waals surface area contributed by atoms with Gasteiger partial charge in [0, 0.05) is 39.4 Å². The van der Waals surface area contributed by atoms with Crippen LogP contribution >= 0.6 is 27.3 Å². The number of fused-ring (bicyclic) bond motifs is 3. The molecule has 0 unspecified atom stereocenters. The first-order valence-corrected chi connectivity index (χ1v) is 14.8. The summed E-state index contributed by atoms with van der Waals surface area (Å²) >= 11 is 4.73. The van der Waals surface area contributed by atoms with Crippen molar-refractivity contribution in [2.45, 2.75) is 18.9 Å². The lowest BCUT2D eigenvalue weighted by Gasteiger charge is -2.31. The molecule has 3 aromatic carbocycles. The summed E-state index contributed by atoms with van der Waals surface area (Å²) in [5, 5.41) is 11.1. The topological polar surface area (TPSA) is 99.9 Å². The number of methoxy groups -OCH3 is 1. The number of hydrogen-bond acceptors (Lipinski definition) is 7. The number of nitro groups is 1. The van der Waals surface area contributed by atoms with Gasteiger partial charge in [-0.1, -0.05) is 53.8 Å². The standard InChI is InChI=1S/C32H22BrN3O5S/c1-40-26-9-5-4-8-23(26)30-24-13-10-18-6-2-3-7-21(18)29(24)34-32-35(30)31(37)28(42-32)17-20-12-15-27(41-20)22-14-11-19(36(38)39)16-25(22)33/h2-9,11-12,14-17,30H,10,13H2,1H3/b28-17-/t30-/m0/s1. The zero-order chi connectivity index (χ0) is 29.0. The predicted molar refractivity (Wildman–Crippen MR) is 164 cm³/mol. The summed E-state index contributed by atoms with van der Waals surface area (Å²) in [5.41, 5.74) is 5.77. The molecular formula is C32H22BrN3O5S. The van der Waals surface area contributed by atoms with Crippen molar-refractivity contribution < 1.29 is 14.1 Å². The first-order chi connectivity index (χ1) is 20.4. The number of halogens is 1. The number of aryl methyl sites for hydroxylation is 1. The van der Waals surface area contributed by atoms with Crippen LogP contribution in [-0.2, 0) is 6.42 Å². The zero-order valence-electron chi connectivity index (χ0n) is 22.2. The minimum atomic E-state index is -0.448. The van der Waals surface area contributed by atoms with Crippen LogP contribution in [0.1, 0.15) is 34.9 Å². The zero-order valence-corrected chi connectivity index (χ0v) is 24.6. The van der Waals surface area contributed by atoms with Gasteiger partial charge in [0.15, 0.2) is 4.80 Å². The molecule has 5 aromatic rings. The van der Waals surface area contributed by atoms with Crippen molar-refractivity contribution in [1.82, 2.24) is 4.57 Å². The fraction of sp³-hybridized carbons (Fsp3) is 0.125. The van der Waals surface area contributed by atoms with E-state index in [-0.39, 0.29) is 17.3 Å². The molecule has 0 N–H and O–H groups in total. The van der Waals surface area contributed by atoms with Crippen molar-refractivity contribution in [3.8, 4) is 17.1 Å². The molecule has 0 bridgehead atoms. The number of non-ortho nitro benzene ring substituents is 1. The Morgan fingerprint density at radius 2 is 1.88 bits per heavy atom. The lowest BCUT2D eigenvalue weighted by molar-refractivity contribution is -0.384. The highest BCUT2D eigenvalue weighted by Gasteiger charge is 2.34. The van der Waals surface area contributed by atoms with Crippen molar-refractivity contribution >= 4 is 44.7 Å². The van der Waals surface area contributed by atoms with Gasteiger partial charge < -0.3 is 9.15 Å². The Balaban J connectivity index is 1.38. The Morgan fingerprint density at radius 1 is 1.07 bits per heavy atom. The SMILES string of the molecule is COc1ccccc1[C@H]1C2=C(N=c3s/c(=C\c4ccc(-c5ccc([N+](=O)[O-])cc5Br)o4)c(=O)n31)c1ccccc1CC2. The van der Waals surface area contributed by atoms with E-state index in [1.54, 1.807) is 36.0 Å². The summed E-state index contributed by atoms with van der Waals surface area (Å²) in [5.74, 6) is 1.73. The largest absolute Gasteiger partial charge is 0.496 e. The molecule has 0 amide bonds. The highest BCUT2D eigenvalue weighted by atomic mass is 79.9. The normalized spacial score (nSPS) is 16.0. The van der Waals surface area contributed by atoms with Gasteiger partial charge in [-0.3, -0.25) is 19.5 Å². The van der Waals surface area contributed by atoms with Crippen molar-refractivity contribution in [3.63, 3.8) is 0 Å². The number of furan rings is 1. The third-order valence-corrected chi connectivity index (χ3v) is 9.27. The van der Waals surface area contributed by atoms with Crippen molar-refractivity contribution in [3.05, 3.63) is 141 Å². The van der Waals surface area contributed by atoms with E-state index in [1.807, 2.05) is 36.4 Å². The molecule has 1 aliphatic heterocycles. The van der Waals surface area contributed by atoms with Gasteiger partial charge in [-0.15, -0.1) is 0 Å². The molecule has 3 heterocycles. The Morgan fingerprint density at radius 3 is 2.69 bits per heavy atom. The van der Waals surface area contributed by atoms with E-state index in [0.717, 1.165) is 35.2 Å². The van der Waals surface area contributed by atoms with Crippen LogP contribution < -0.4 is 19.6 Å². The molecule has 42 heavy (non-hydrogen) atoms. The fourth-order valence-electron chi connectivity index (χ4n) is 5.71. The van der Waals surface area contributed by atoms with E-state index in [1.165, 1.54) is 29.0 Å². The summed E-state index contributed by atoms with van der Waals surface area (Å²) in [6.45, 7) is 0. The van der Waals surface area contributed by atoms with Crippen molar-refractivity contribution in [2.24, 2.45) is 4.99 Å². The molecule has 0 saturated carbocycles. The lowest BCUT2D eigenvalue weighted by Crippen LogP contribution is -2.38. The van der Waals surface area contributed by atoms with Gasteiger partial charge in [0.2, 0.25) is 0 Å². The molecule has 0 spiro atoms. The van der Waals surface area contributed by atoms with Crippen LogP contribution in [0.5, 0.6) is 5.75 Å². The van der Waals surface area contributed by atoms with Crippen LogP contribution in [0.2, 0.25) is 0 Å². The van der Waals surface area contributed by atoms with Gasteiger partial charge in [0.25, 0.3) is 11.2 Å². The molecule has 2 aromatic heterocycles. The quantitative estimate of drug-likeness (QED) is 0.167. The summed E-state index contributed by atoms with van der Waals surface area (Å²) < 4.78 is 14.6. The molecule has 1 aliphatic carbocycles. The number of ether oxygens (including phenoxy) is 1. The van der Waals surface area contributed by atoms with Gasteiger partial charge in [-0.05, 0) is 64.2 Å². The second kappa shape index (κ2) is 10.4. The van der Waals surface area contributed by atoms with Crippen LogP contribution in [-0.4, -0.2) is 16.6 Å². The van der Waals surface area contributed by atoms with E-state index in [4.69, 9.17) is 14.1 Å². The van der Waals surface area contributed by atoms with Gasteiger partial charge in [-0.25, -0.2) is 4.99 Å². The average molecular weight is 641 g/mol. The van der Waals surface area contributed by atoms with Gasteiger partial charge >= 0.3 is 0 Å². The Labute approximate surface area is 251 Å². The Kier molecular flexibility index (Phi) is 6.52. The third-order valence-electron chi connectivity index (χ3n) is 7.64. The maximum absolute atomic E-state index is 14.1. The molecular weight excluding hydrogens is 618 g/mol. The molecule has 2 aliphatic rings. The number of aromatic nitrogens is 1. The highest BCUT2D eigenvalue weighted by Crippen LogP contribution is 2.43. The minimum Gasteiger partial charge on any atom is -0.496 e. The van der Waals surface area contributed by atoms with Gasteiger partial charge in [-0.2, -0.15) is 0 Å². The number of nitro benzene ring substituents is 1. The average Bonchev–Trinajstić information content (AvgIpc) is 3.59. The van der Waals surface area contributed by atoms with Crippen LogP contribution in [0, 0.1) is 10.1 Å². The monoisotopic (exact) mass is 639 g/mol. The maximum Gasteiger partial charge on any atom is 0.271 e. The molecule has 1 atom stereocenters.